The molecule has 1 aliphatic rings. The largest absolute Gasteiger partial charge is 0.303 e. The summed E-state index contributed by atoms with van der Waals surface area (Å²) in [4.78, 5) is 15.3. The molecule has 0 bridgehead atoms. The molecule has 1 saturated heterocycles. The Morgan fingerprint density at radius 2 is 2.10 bits per heavy atom. The highest BCUT2D eigenvalue weighted by Crippen LogP contribution is 2.26. The van der Waals surface area contributed by atoms with Crippen LogP contribution in [-0.2, 0) is 6.54 Å². The molecule has 1 fully saturated rings. The van der Waals surface area contributed by atoms with Gasteiger partial charge in [0.25, 0.3) is 5.69 Å². The lowest BCUT2D eigenvalue weighted by molar-refractivity contribution is -0.384. The van der Waals surface area contributed by atoms with E-state index < -0.39 is 4.92 Å². The molecular weight excluding hydrogens is 290 g/mol. The van der Waals surface area contributed by atoms with Crippen LogP contribution in [0.3, 0.4) is 0 Å². The van der Waals surface area contributed by atoms with Crippen molar-refractivity contribution >= 4 is 17.3 Å². The Morgan fingerprint density at radius 1 is 1.43 bits per heavy atom. The molecule has 21 heavy (non-hydrogen) atoms. The van der Waals surface area contributed by atoms with Gasteiger partial charge in [0.1, 0.15) is 5.02 Å². The van der Waals surface area contributed by atoms with Gasteiger partial charge in [-0.25, -0.2) is 0 Å². The molecule has 0 atom stereocenters. The van der Waals surface area contributed by atoms with E-state index in [1.165, 1.54) is 0 Å². The lowest BCUT2D eigenvalue weighted by Crippen LogP contribution is -2.42. The predicted octanol–water partition coefficient (Wildman–Crippen LogP) is 3.16. The molecule has 1 heterocycles. The fraction of sp³-hybridized carbons (Fsp3) is 0.600. The average molecular weight is 312 g/mol. The molecule has 1 aromatic carbocycles. The zero-order valence-electron chi connectivity index (χ0n) is 12.6. The summed E-state index contributed by atoms with van der Waals surface area (Å²) in [6.45, 7) is 6.28. The molecule has 1 aromatic rings. The molecule has 0 aromatic heterocycles. The van der Waals surface area contributed by atoms with Gasteiger partial charge in [-0.1, -0.05) is 24.6 Å². The Kier molecular flexibility index (Phi) is 5.56. The topological polar surface area (TPSA) is 49.6 Å². The SMILES string of the molecule is CCN1CCC(N(C)Cc2ccc(Cl)c([N+](=O)[O-])c2)CC1. The number of hydrogen-bond donors (Lipinski definition) is 0. The quantitative estimate of drug-likeness (QED) is 0.619. The van der Waals surface area contributed by atoms with E-state index in [1.54, 1.807) is 12.1 Å². The molecule has 0 unspecified atom stereocenters. The van der Waals surface area contributed by atoms with Gasteiger partial charge in [0, 0.05) is 18.7 Å². The second-order valence-electron chi connectivity index (χ2n) is 5.62. The van der Waals surface area contributed by atoms with E-state index >= 15 is 0 Å². The van der Waals surface area contributed by atoms with E-state index in [4.69, 9.17) is 11.6 Å². The van der Waals surface area contributed by atoms with E-state index in [2.05, 4.69) is 23.8 Å². The first-order chi connectivity index (χ1) is 10.0. The van der Waals surface area contributed by atoms with E-state index in [1.807, 2.05) is 6.07 Å². The molecular formula is C15H22ClN3O2. The summed E-state index contributed by atoms with van der Waals surface area (Å²) in [5.74, 6) is 0. The number of nitrogens with zero attached hydrogens (tertiary/aromatic N) is 3. The Labute approximate surface area is 130 Å². The van der Waals surface area contributed by atoms with Crippen molar-refractivity contribution in [3.63, 3.8) is 0 Å². The zero-order chi connectivity index (χ0) is 15.4. The smallest absolute Gasteiger partial charge is 0.288 e. The molecule has 116 valence electrons. The summed E-state index contributed by atoms with van der Waals surface area (Å²) < 4.78 is 0. The molecule has 0 aliphatic carbocycles. The monoisotopic (exact) mass is 311 g/mol. The first-order valence-corrected chi connectivity index (χ1v) is 7.74. The van der Waals surface area contributed by atoms with Crippen molar-refractivity contribution in [1.29, 1.82) is 0 Å². The van der Waals surface area contributed by atoms with Crippen LogP contribution in [0.2, 0.25) is 5.02 Å². The minimum atomic E-state index is -0.425. The summed E-state index contributed by atoms with van der Waals surface area (Å²) in [7, 11) is 2.09. The Hall–Kier alpha value is -1.17. The van der Waals surface area contributed by atoms with Gasteiger partial charge in [0.05, 0.1) is 4.92 Å². The number of nitro benzene ring substituents is 1. The number of benzene rings is 1. The highest BCUT2D eigenvalue weighted by atomic mass is 35.5. The lowest BCUT2D eigenvalue weighted by Gasteiger charge is -2.36. The van der Waals surface area contributed by atoms with E-state index in [0.29, 0.717) is 6.04 Å². The standard InChI is InChI=1S/C15H22ClN3O2/c1-3-18-8-6-13(7-9-18)17(2)11-12-4-5-14(16)15(10-12)19(20)21/h4-5,10,13H,3,6-9,11H2,1-2H3. The third-order valence-electron chi connectivity index (χ3n) is 4.27. The molecule has 0 amide bonds. The number of hydrogen-bond acceptors (Lipinski definition) is 4. The minimum absolute atomic E-state index is 0.0108. The highest BCUT2D eigenvalue weighted by molar-refractivity contribution is 6.32. The Balaban J connectivity index is 1.98. The lowest BCUT2D eigenvalue weighted by atomic mass is 10.0. The zero-order valence-corrected chi connectivity index (χ0v) is 13.3. The van der Waals surface area contributed by atoms with Gasteiger partial charge in [-0.2, -0.15) is 0 Å². The molecule has 2 rings (SSSR count). The fourth-order valence-corrected chi connectivity index (χ4v) is 3.08. The van der Waals surface area contributed by atoms with Crippen molar-refractivity contribution < 1.29 is 4.92 Å². The maximum Gasteiger partial charge on any atom is 0.288 e. The minimum Gasteiger partial charge on any atom is -0.303 e. The Morgan fingerprint density at radius 3 is 2.67 bits per heavy atom. The van der Waals surface area contributed by atoms with Gasteiger partial charge in [-0.3, -0.25) is 15.0 Å². The Bertz CT molecular complexity index is 502. The van der Waals surface area contributed by atoms with Crippen molar-refractivity contribution in [2.45, 2.75) is 32.4 Å². The molecule has 0 N–H and O–H groups in total. The van der Waals surface area contributed by atoms with Crippen LogP contribution in [0.5, 0.6) is 0 Å². The number of nitro groups is 1. The van der Waals surface area contributed by atoms with Crippen molar-refractivity contribution in [3.05, 3.63) is 38.9 Å². The van der Waals surface area contributed by atoms with E-state index in [9.17, 15) is 10.1 Å². The van der Waals surface area contributed by atoms with E-state index in [-0.39, 0.29) is 10.7 Å². The first kappa shape index (κ1) is 16.2. The van der Waals surface area contributed by atoms with Gasteiger partial charge in [0.2, 0.25) is 0 Å². The molecule has 6 heteroatoms. The maximum atomic E-state index is 10.9. The van der Waals surface area contributed by atoms with Crippen LogP contribution in [0.4, 0.5) is 5.69 Å². The third-order valence-corrected chi connectivity index (χ3v) is 4.59. The van der Waals surface area contributed by atoms with Gasteiger partial charge in [-0.15, -0.1) is 0 Å². The summed E-state index contributed by atoms with van der Waals surface area (Å²) in [6.07, 6.45) is 2.31. The van der Waals surface area contributed by atoms with Crippen LogP contribution in [-0.4, -0.2) is 47.4 Å². The summed E-state index contributed by atoms with van der Waals surface area (Å²) in [6, 6.07) is 5.61. The fourth-order valence-electron chi connectivity index (χ4n) is 2.89. The maximum absolute atomic E-state index is 10.9. The number of halogens is 1. The molecule has 0 saturated carbocycles. The van der Waals surface area contributed by atoms with Gasteiger partial charge in [-0.05, 0) is 51.2 Å². The number of piperidine rings is 1. The predicted molar refractivity (Wildman–Crippen MR) is 84.7 cm³/mol. The highest BCUT2D eigenvalue weighted by Gasteiger charge is 2.22. The average Bonchev–Trinajstić information content (AvgIpc) is 2.49. The van der Waals surface area contributed by atoms with Crippen molar-refractivity contribution in [1.82, 2.24) is 9.80 Å². The summed E-state index contributed by atoms with van der Waals surface area (Å²) in [5, 5.41) is 11.1. The number of likely N-dealkylation sites (tertiary alicyclic amines) is 1. The molecule has 1 aliphatic heterocycles. The second kappa shape index (κ2) is 7.20. The van der Waals surface area contributed by atoms with Crippen LogP contribution in [0, 0.1) is 10.1 Å². The third kappa shape index (κ3) is 4.15. The normalized spacial score (nSPS) is 17.3. The summed E-state index contributed by atoms with van der Waals surface area (Å²) >= 11 is 5.85. The van der Waals surface area contributed by atoms with Crippen LogP contribution < -0.4 is 0 Å². The van der Waals surface area contributed by atoms with Gasteiger partial charge in [0.15, 0.2) is 0 Å². The van der Waals surface area contributed by atoms with Gasteiger partial charge >= 0.3 is 0 Å². The second-order valence-corrected chi connectivity index (χ2v) is 6.03. The van der Waals surface area contributed by atoms with Crippen molar-refractivity contribution in [2.24, 2.45) is 0 Å². The number of rotatable bonds is 5. The molecule has 5 nitrogen and oxygen atoms in total. The summed E-state index contributed by atoms with van der Waals surface area (Å²) in [5.41, 5.74) is 0.926. The van der Waals surface area contributed by atoms with E-state index in [0.717, 1.165) is 44.6 Å². The van der Waals surface area contributed by atoms with Crippen LogP contribution >= 0.6 is 11.6 Å². The van der Waals surface area contributed by atoms with Crippen LogP contribution in [0.25, 0.3) is 0 Å². The van der Waals surface area contributed by atoms with Crippen LogP contribution in [0.1, 0.15) is 25.3 Å². The molecule has 0 radical (unpaired) electrons. The molecule has 0 spiro atoms. The van der Waals surface area contributed by atoms with Crippen molar-refractivity contribution in [2.75, 3.05) is 26.7 Å². The van der Waals surface area contributed by atoms with Crippen molar-refractivity contribution in [3.8, 4) is 0 Å². The van der Waals surface area contributed by atoms with Gasteiger partial charge < -0.3 is 4.90 Å². The van der Waals surface area contributed by atoms with Crippen LogP contribution in [0.15, 0.2) is 18.2 Å². The first-order valence-electron chi connectivity index (χ1n) is 7.36.